The molecular formula is C18H18F2N12O2. The van der Waals surface area contributed by atoms with Gasteiger partial charge in [-0.1, -0.05) is 5.11 Å². The Morgan fingerprint density at radius 2 is 1.41 bits per heavy atom. The van der Waals surface area contributed by atoms with E-state index in [9.17, 15) is 8.78 Å². The smallest absolute Gasteiger partial charge is 0.171 e. The number of rotatable bonds is 7. The van der Waals surface area contributed by atoms with Crippen molar-refractivity contribution in [3.8, 4) is 22.9 Å². The molecule has 0 bridgehead atoms. The molecule has 2 aromatic carbocycles. The number of nitrogens with zero attached hydrogens (tertiary/aromatic N) is 11. The van der Waals surface area contributed by atoms with Gasteiger partial charge in [0.15, 0.2) is 23.1 Å². The van der Waals surface area contributed by atoms with Gasteiger partial charge in [-0.3, -0.25) is 0 Å². The maximum absolute atomic E-state index is 14.1. The van der Waals surface area contributed by atoms with E-state index in [4.69, 9.17) is 20.7 Å². The summed E-state index contributed by atoms with van der Waals surface area (Å²) in [5, 5.41) is 24.6. The molecule has 0 spiro atoms. The van der Waals surface area contributed by atoms with E-state index in [0.717, 1.165) is 0 Å². The zero-order valence-corrected chi connectivity index (χ0v) is 17.9. The van der Waals surface area contributed by atoms with Crippen molar-refractivity contribution in [1.82, 2.24) is 40.4 Å². The van der Waals surface area contributed by atoms with E-state index in [1.807, 2.05) is 0 Å². The van der Waals surface area contributed by atoms with Crippen molar-refractivity contribution >= 4 is 0 Å². The van der Waals surface area contributed by atoms with E-state index in [1.165, 1.54) is 48.4 Å². The minimum absolute atomic E-state index is 0.0399. The molecular weight excluding hydrogens is 454 g/mol. The zero-order chi connectivity index (χ0) is 24.5. The standard InChI is InChI=1S/C9H8FN7O.C9H10FN5O/c1-18-8-3-2-7(17-5-13-15-16-17)6(9(8)10)4-12-14-11;1-16-8-3-2-7(6(4-11)9(8)10)15-5-12-13-14-15/h2-3,5H,4H2,1H3;2-3,5H,4,11H2,1H3. The molecule has 0 aliphatic carbocycles. The number of hydrogen-bond donors (Lipinski definition) is 1. The summed E-state index contributed by atoms with van der Waals surface area (Å²) in [6.45, 7) is -0.118. The molecule has 0 saturated heterocycles. The van der Waals surface area contributed by atoms with E-state index in [1.54, 1.807) is 12.1 Å². The summed E-state index contributed by atoms with van der Waals surface area (Å²) in [4.78, 5) is 2.61. The molecule has 2 N–H and O–H groups in total. The molecule has 4 aromatic rings. The van der Waals surface area contributed by atoms with Gasteiger partial charge in [0, 0.05) is 22.6 Å². The fourth-order valence-electron chi connectivity index (χ4n) is 2.91. The van der Waals surface area contributed by atoms with Crippen molar-refractivity contribution in [2.75, 3.05) is 14.2 Å². The van der Waals surface area contributed by atoms with Crippen molar-refractivity contribution in [1.29, 1.82) is 0 Å². The van der Waals surface area contributed by atoms with Crippen LogP contribution in [0, 0.1) is 11.6 Å². The first-order valence-corrected chi connectivity index (χ1v) is 9.44. The zero-order valence-electron chi connectivity index (χ0n) is 17.9. The summed E-state index contributed by atoms with van der Waals surface area (Å²) in [7, 11) is 2.75. The molecule has 14 nitrogen and oxygen atoms in total. The predicted molar refractivity (Wildman–Crippen MR) is 112 cm³/mol. The molecule has 0 atom stereocenters. The number of aromatic nitrogens is 8. The number of hydrogen-bond acceptors (Lipinski definition) is 10. The Balaban J connectivity index is 0.000000192. The molecule has 0 radical (unpaired) electrons. The van der Waals surface area contributed by atoms with Crippen molar-refractivity contribution in [3.05, 3.63) is 70.1 Å². The molecule has 16 heteroatoms. The van der Waals surface area contributed by atoms with Gasteiger partial charge in [-0.25, -0.2) is 18.1 Å². The predicted octanol–water partition coefficient (Wildman–Crippen LogP) is 1.89. The molecule has 0 aliphatic rings. The second-order valence-electron chi connectivity index (χ2n) is 6.26. The Morgan fingerprint density at radius 3 is 1.82 bits per heavy atom. The Bertz CT molecular complexity index is 1270. The number of ether oxygens (including phenoxy) is 2. The number of tetrazole rings is 2. The summed E-state index contributed by atoms with van der Waals surface area (Å²) < 4.78 is 40.3. The summed E-state index contributed by atoms with van der Waals surface area (Å²) >= 11 is 0. The van der Waals surface area contributed by atoms with Gasteiger partial charge < -0.3 is 15.2 Å². The lowest BCUT2D eigenvalue weighted by molar-refractivity contribution is 0.384. The normalized spacial score (nSPS) is 10.1. The van der Waals surface area contributed by atoms with Gasteiger partial charge in [0.05, 0.1) is 32.1 Å². The molecule has 2 aromatic heterocycles. The Labute approximate surface area is 190 Å². The Kier molecular flexibility index (Phi) is 7.93. The van der Waals surface area contributed by atoms with E-state index in [0.29, 0.717) is 16.9 Å². The van der Waals surface area contributed by atoms with Crippen molar-refractivity contribution in [2.45, 2.75) is 13.1 Å². The van der Waals surface area contributed by atoms with Gasteiger partial charge >= 0.3 is 0 Å². The van der Waals surface area contributed by atoms with Crippen molar-refractivity contribution in [2.24, 2.45) is 10.8 Å². The average molecular weight is 472 g/mol. The van der Waals surface area contributed by atoms with Crippen LogP contribution < -0.4 is 15.2 Å². The van der Waals surface area contributed by atoms with E-state index >= 15 is 0 Å². The molecule has 0 fully saturated rings. The van der Waals surface area contributed by atoms with Gasteiger partial charge in [-0.15, -0.1) is 10.2 Å². The lowest BCUT2D eigenvalue weighted by Crippen LogP contribution is -2.09. The number of nitrogens with two attached hydrogens (primary N) is 1. The topological polar surface area (TPSA) is 180 Å². The third kappa shape index (κ3) is 5.03. The summed E-state index contributed by atoms with van der Waals surface area (Å²) in [6, 6.07) is 6.19. The summed E-state index contributed by atoms with van der Waals surface area (Å²) in [6.07, 6.45) is 2.70. The molecule has 34 heavy (non-hydrogen) atoms. The van der Waals surface area contributed by atoms with Crippen LogP contribution in [-0.4, -0.2) is 54.6 Å². The average Bonchev–Trinajstić information content (AvgIpc) is 3.58. The largest absolute Gasteiger partial charge is 0.494 e. The minimum Gasteiger partial charge on any atom is -0.494 e. The van der Waals surface area contributed by atoms with Crippen LogP contribution >= 0.6 is 0 Å². The van der Waals surface area contributed by atoms with Crippen LogP contribution in [0.2, 0.25) is 0 Å². The number of azide groups is 1. The highest BCUT2D eigenvalue weighted by Gasteiger charge is 2.16. The molecule has 0 amide bonds. The fraction of sp³-hybridized carbons (Fsp3) is 0.222. The first-order chi connectivity index (χ1) is 16.5. The molecule has 0 unspecified atom stereocenters. The maximum atomic E-state index is 14.1. The third-order valence-electron chi connectivity index (χ3n) is 4.49. The number of benzene rings is 2. The van der Waals surface area contributed by atoms with Gasteiger partial charge in [-0.05, 0) is 50.7 Å². The fourth-order valence-corrected chi connectivity index (χ4v) is 2.91. The van der Waals surface area contributed by atoms with Crippen LogP contribution in [0.5, 0.6) is 11.5 Å². The van der Waals surface area contributed by atoms with Crippen LogP contribution in [0.1, 0.15) is 11.1 Å². The Hall–Kier alpha value is -4.69. The first-order valence-electron chi connectivity index (χ1n) is 9.44. The quantitative estimate of drug-likeness (QED) is 0.239. The molecule has 0 aliphatic heterocycles. The third-order valence-corrected chi connectivity index (χ3v) is 4.49. The highest BCUT2D eigenvalue weighted by Crippen LogP contribution is 2.27. The monoisotopic (exact) mass is 472 g/mol. The number of halogens is 2. The second kappa shape index (κ2) is 11.3. The van der Waals surface area contributed by atoms with E-state index in [-0.39, 0.29) is 30.2 Å². The highest BCUT2D eigenvalue weighted by molar-refractivity contribution is 5.47. The molecule has 2 heterocycles. The minimum atomic E-state index is -0.599. The molecule has 176 valence electrons. The van der Waals surface area contributed by atoms with E-state index < -0.39 is 11.6 Å². The van der Waals surface area contributed by atoms with E-state index in [2.05, 4.69) is 41.1 Å². The highest BCUT2D eigenvalue weighted by atomic mass is 19.1. The lowest BCUT2D eigenvalue weighted by atomic mass is 10.1. The van der Waals surface area contributed by atoms with Gasteiger partial charge in [-0.2, -0.15) is 0 Å². The van der Waals surface area contributed by atoms with Crippen LogP contribution in [-0.2, 0) is 13.1 Å². The summed E-state index contributed by atoms with van der Waals surface area (Å²) in [5.74, 6) is -0.872. The van der Waals surface area contributed by atoms with Crippen LogP contribution in [0.15, 0.2) is 42.0 Å². The van der Waals surface area contributed by atoms with Crippen molar-refractivity contribution < 1.29 is 18.3 Å². The Morgan fingerprint density at radius 1 is 0.912 bits per heavy atom. The lowest BCUT2D eigenvalue weighted by Gasteiger charge is -2.10. The van der Waals surface area contributed by atoms with Crippen molar-refractivity contribution in [3.63, 3.8) is 0 Å². The van der Waals surface area contributed by atoms with Crippen LogP contribution in [0.25, 0.3) is 21.8 Å². The molecule has 0 saturated carbocycles. The summed E-state index contributed by atoms with van der Waals surface area (Å²) in [5.41, 5.74) is 15.2. The SMILES string of the molecule is COc1ccc(-n2cnnn2)c(CN)c1F.COc1ccc(-n2cnnn2)c(CN=[N+]=[N-])c1F. The molecule has 4 rings (SSSR count). The maximum Gasteiger partial charge on any atom is 0.171 e. The van der Waals surface area contributed by atoms with Gasteiger partial charge in [0.25, 0.3) is 0 Å². The van der Waals surface area contributed by atoms with Gasteiger partial charge in [0.1, 0.15) is 12.7 Å². The first kappa shape index (κ1) is 24.0. The van der Waals surface area contributed by atoms with Crippen LogP contribution in [0.3, 0.4) is 0 Å². The second-order valence-corrected chi connectivity index (χ2v) is 6.26. The number of methoxy groups -OCH3 is 2. The van der Waals surface area contributed by atoms with Crippen LogP contribution in [0.4, 0.5) is 8.78 Å². The van der Waals surface area contributed by atoms with Gasteiger partial charge in [0.2, 0.25) is 0 Å².